The van der Waals surface area contributed by atoms with E-state index in [-0.39, 0.29) is 5.91 Å². The van der Waals surface area contributed by atoms with Crippen molar-refractivity contribution in [3.63, 3.8) is 0 Å². The number of carbonyl (C=O) groups excluding carboxylic acids is 1. The van der Waals surface area contributed by atoms with Crippen LogP contribution in [0, 0.1) is 0 Å². The van der Waals surface area contributed by atoms with Crippen LogP contribution in [0.25, 0.3) is 17.0 Å². The molecule has 0 aliphatic heterocycles. The zero-order chi connectivity index (χ0) is 16.9. The molecular weight excluding hydrogens is 368 g/mol. The highest BCUT2D eigenvalue weighted by molar-refractivity contribution is 9.10. The van der Waals surface area contributed by atoms with E-state index in [9.17, 15) is 4.79 Å². The SMILES string of the molecule is COc1ccc(Br)cc1NC(=O)/C=C/c1cccc2cccnc12. The maximum Gasteiger partial charge on any atom is 0.248 e. The van der Waals surface area contributed by atoms with E-state index in [1.54, 1.807) is 31.5 Å². The molecule has 0 unspecified atom stereocenters. The van der Waals surface area contributed by atoms with Crippen LogP contribution in [0.2, 0.25) is 0 Å². The number of fused-ring (bicyclic) bond motifs is 1. The summed E-state index contributed by atoms with van der Waals surface area (Å²) in [5.74, 6) is 0.367. The van der Waals surface area contributed by atoms with E-state index in [4.69, 9.17) is 4.74 Å². The molecule has 0 atom stereocenters. The number of nitrogens with one attached hydrogen (secondary N) is 1. The molecule has 0 saturated carbocycles. The molecule has 0 aliphatic carbocycles. The van der Waals surface area contributed by atoms with E-state index in [1.807, 2.05) is 36.4 Å². The van der Waals surface area contributed by atoms with Crippen LogP contribution >= 0.6 is 15.9 Å². The zero-order valence-electron chi connectivity index (χ0n) is 13.0. The first-order valence-electron chi connectivity index (χ1n) is 7.34. The van der Waals surface area contributed by atoms with Crippen molar-refractivity contribution in [2.45, 2.75) is 0 Å². The number of halogens is 1. The van der Waals surface area contributed by atoms with E-state index in [1.165, 1.54) is 6.08 Å². The van der Waals surface area contributed by atoms with Crippen LogP contribution in [0.4, 0.5) is 5.69 Å². The molecule has 4 nitrogen and oxygen atoms in total. The Hall–Kier alpha value is -2.66. The van der Waals surface area contributed by atoms with Crippen LogP contribution in [0.1, 0.15) is 5.56 Å². The lowest BCUT2D eigenvalue weighted by atomic mass is 10.1. The summed E-state index contributed by atoms with van der Waals surface area (Å²) in [7, 11) is 1.57. The smallest absolute Gasteiger partial charge is 0.248 e. The molecule has 3 rings (SSSR count). The number of carbonyl (C=O) groups is 1. The van der Waals surface area contributed by atoms with Gasteiger partial charge in [-0.05, 0) is 30.3 Å². The first-order chi connectivity index (χ1) is 11.7. The first kappa shape index (κ1) is 16.2. The monoisotopic (exact) mass is 382 g/mol. The van der Waals surface area contributed by atoms with Crippen molar-refractivity contribution in [3.8, 4) is 5.75 Å². The van der Waals surface area contributed by atoms with Gasteiger partial charge in [0.2, 0.25) is 5.91 Å². The Kier molecular flexibility index (Phi) is 4.91. The second-order valence-electron chi connectivity index (χ2n) is 5.09. The van der Waals surface area contributed by atoms with Gasteiger partial charge in [0.1, 0.15) is 5.75 Å². The minimum Gasteiger partial charge on any atom is -0.495 e. The van der Waals surface area contributed by atoms with Crippen LogP contribution < -0.4 is 10.1 Å². The highest BCUT2D eigenvalue weighted by atomic mass is 79.9. The van der Waals surface area contributed by atoms with Crippen molar-refractivity contribution in [2.75, 3.05) is 12.4 Å². The lowest BCUT2D eigenvalue weighted by molar-refractivity contribution is -0.111. The fourth-order valence-corrected chi connectivity index (χ4v) is 2.74. The minimum atomic E-state index is -0.237. The van der Waals surface area contributed by atoms with E-state index in [0.29, 0.717) is 11.4 Å². The minimum absolute atomic E-state index is 0.237. The van der Waals surface area contributed by atoms with Gasteiger partial charge >= 0.3 is 0 Å². The summed E-state index contributed by atoms with van der Waals surface area (Å²) in [6.45, 7) is 0. The standard InChI is InChI=1S/C19H15BrN2O2/c1-24-17-9-8-15(20)12-16(17)22-18(23)10-7-14-5-2-4-13-6-3-11-21-19(13)14/h2-12H,1H3,(H,22,23)/b10-7+. The third-order valence-electron chi connectivity index (χ3n) is 3.50. The van der Waals surface area contributed by atoms with Crippen molar-refractivity contribution in [1.29, 1.82) is 0 Å². The van der Waals surface area contributed by atoms with Crippen LogP contribution in [-0.2, 0) is 4.79 Å². The largest absolute Gasteiger partial charge is 0.495 e. The predicted octanol–water partition coefficient (Wildman–Crippen LogP) is 4.66. The van der Waals surface area contributed by atoms with Gasteiger partial charge in [-0.1, -0.05) is 40.2 Å². The highest BCUT2D eigenvalue weighted by Crippen LogP contribution is 2.28. The molecule has 0 aliphatic rings. The van der Waals surface area contributed by atoms with Crippen molar-refractivity contribution in [3.05, 3.63) is 70.8 Å². The van der Waals surface area contributed by atoms with Crippen molar-refractivity contribution < 1.29 is 9.53 Å². The summed E-state index contributed by atoms with van der Waals surface area (Å²) in [6.07, 6.45) is 4.99. The normalized spacial score (nSPS) is 10.9. The molecule has 1 heterocycles. The van der Waals surface area contributed by atoms with Gasteiger partial charge in [0.15, 0.2) is 0 Å². The Morgan fingerprint density at radius 1 is 1.21 bits per heavy atom. The molecule has 0 bridgehead atoms. The molecule has 0 radical (unpaired) electrons. The molecule has 0 spiro atoms. The number of pyridine rings is 1. The number of hydrogen-bond donors (Lipinski definition) is 1. The zero-order valence-corrected chi connectivity index (χ0v) is 14.6. The fraction of sp³-hybridized carbons (Fsp3) is 0.0526. The number of hydrogen-bond acceptors (Lipinski definition) is 3. The second-order valence-corrected chi connectivity index (χ2v) is 6.01. The summed E-state index contributed by atoms with van der Waals surface area (Å²) < 4.78 is 6.11. The molecule has 2 aromatic carbocycles. The van der Waals surface area contributed by atoms with Gasteiger partial charge in [-0.3, -0.25) is 9.78 Å². The van der Waals surface area contributed by atoms with Gasteiger partial charge < -0.3 is 10.1 Å². The van der Waals surface area contributed by atoms with Gasteiger partial charge in [-0.25, -0.2) is 0 Å². The van der Waals surface area contributed by atoms with E-state index < -0.39 is 0 Å². The summed E-state index contributed by atoms with van der Waals surface area (Å²) in [6, 6.07) is 15.2. The molecule has 24 heavy (non-hydrogen) atoms. The van der Waals surface area contributed by atoms with Crippen molar-refractivity contribution in [2.24, 2.45) is 0 Å². The number of amides is 1. The Labute approximate surface area is 148 Å². The van der Waals surface area contributed by atoms with Crippen molar-refractivity contribution >= 4 is 44.5 Å². The molecule has 0 saturated heterocycles. The number of nitrogens with zero attached hydrogens (tertiary/aromatic N) is 1. The average molecular weight is 383 g/mol. The quantitative estimate of drug-likeness (QED) is 0.667. The number of methoxy groups -OCH3 is 1. The molecule has 1 aromatic heterocycles. The molecule has 1 N–H and O–H groups in total. The second kappa shape index (κ2) is 7.27. The number of rotatable bonds is 4. The maximum atomic E-state index is 12.2. The van der Waals surface area contributed by atoms with Crippen LogP contribution in [-0.4, -0.2) is 18.0 Å². The Morgan fingerprint density at radius 2 is 2.04 bits per heavy atom. The number of para-hydroxylation sites is 1. The van der Waals surface area contributed by atoms with Crippen molar-refractivity contribution in [1.82, 2.24) is 4.98 Å². The lowest BCUT2D eigenvalue weighted by Crippen LogP contribution is -2.08. The molecule has 120 valence electrons. The number of anilines is 1. The molecule has 3 aromatic rings. The number of benzene rings is 2. The van der Waals surface area contributed by atoms with Gasteiger partial charge in [0.25, 0.3) is 0 Å². The molecule has 5 heteroatoms. The molecular formula is C19H15BrN2O2. The predicted molar refractivity (Wildman–Crippen MR) is 100 cm³/mol. The summed E-state index contributed by atoms with van der Waals surface area (Å²) in [5, 5.41) is 3.86. The fourth-order valence-electron chi connectivity index (χ4n) is 2.38. The molecule has 1 amide bonds. The van der Waals surface area contributed by atoms with Crippen LogP contribution in [0.3, 0.4) is 0 Å². The number of aromatic nitrogens is 1. The summed E-state index contributed by atoms with van der Waals surface area (Å²) in [4.78, 5) is 16.6. The molecule has 0 fully saturated rings. The first-order valence-corrected chi connectivity index (χ1v) is 8.13. The van der Waals surface area contributed by atoms with Crippen LogP contribution in [0.15, 0.2) is 65.3 Å². The Bertz CT molecular complexity index is 917. The van der Waals surface area contributed by atoms with Gasteiger partial charge in [0.05, 0.1) is 18.3 Å². The van der Waals surface area contributed by atoms with Crippen LogP contribution in [0.5, 0.6) is 5.75 Å². The lowest BCUT2D eigenvalue weighted by Gasteiger charge is -2.09. The topological polar surface area (TPSA) is 51.2 Å². The van der Waals surface area contributed by atoms with Gasteiger partial charge in [0, 0.05) is 27.7 Å². The maximum absolute atomic E-state index is 12.2. The average Bonchev–Trinajstić information content (AvgIpc) is 2.60. The Balaban J connectivity index is 1.82. The van der Waals surface area contributed by atoms with E-state index >= 15 is 0 Å². The summed E-state index contributed by atoms with van der Waals surface area (Å²) in [5.41, 5.74) is 2.37. The highest BCUT2D eigenvalue weighted by Gasteiger charge is 2.06. The van der Waals surface area contributed by atoms with Gasteiger partial charge in [-0.15, -0.1) is 0 Å². The summed E-state index contributed by atoms with van der Waals surface area (Å²) >= 11 is 3.39. The van der Waals surface area contributed by atoms with E-state index in [2.05, 4.69) is 26.2 Å². The van der Waals surface area contributed by atoms with E-state index in [0.717, 1.165) is 20.9 Å². The third-order valence-corrected chi connectivity index (χ3v) is 3.99. The number of ether oxygens (including phenoxy) is 1. The third kappa shape index (κ3) is 3.63. The van der Waals surface area contributed by atoms with Gasteiger partial charge in [-0.2, -0.15) is 0 Å². The Morgan fingerprint density at radius 3 is 2.88 bits per heavy atom.